The van der Waals surface area contributed by atoms with Crippen molar-refractivity contribution in [2.45, 2.75) is 31.6 Å². The Bertz CT molecular complexity index is 952. The van der Waals surface area contributed by atoms with Crippen LogP contribution in [0, 0.1) is 6.92 Å². The number of hydrogen-bond donors (Lipinski definition) is 0. The van der Waals surface area contributed by atoms with Gasteiger partial charge in [-0.15, -0.1) is 0 Å². The van der Waals surface area contributed by atoms with Gasteiger partial charge in [-0.05, 0) is 50.5 Å². The molecule has 0 heterocycles. The fourth-order valence-corrected chi connectivity index (χ4v) is 3.59. The molecule has 0 unspecified atom stereocenters. The minimum Gasteiger partial charge on any atom is -0.490 e. The number of hydrogen-bond acceptors (Lipinski definition) is 4. The molecule has 0 saturated carbocycles. The SMILES string of the molecule is C/C=C\COc1cccc2c1/C(=N/[N-]S(=O)(=O)c1ccc(C)cc1)CC2.[Na+]. The van der Waals surface area contributed by atoms with Crippen LogP contribution in [-0.2, 0) is 16.4 Å². The summed E-state index contributed by atoms with van der Waals surface area (Å²) in [5, 5.41) is 4.08. The standard InChI is InChI=1S/C20H21N2O3S.Na/c1-3-4-14-25-19-7-5-6-16-10-13-18(20(16)19)21-22-26(23,24)17-11-8-15(2)9-12-17;/h3-9,11-12H,10,13-14H2,1-2H3;/q-1;+1/b4-3-,21-18+;. The summed E-state index contributed by atoms with van der Waals surface area (Å²) in [6.45, 7) is 4.29. The Hall–Kier alpha value is -1.60. The molecule has 0 saturated heterocycles. The molecule has 0 aromatic heterocycles. The third kappa shape index (κ3) is 5.23. The van der Waals surface area contributed by atoms with E-state index < -0.39 is 10.0 Å². The van der Waals surface area contributed by atoms with Gasteiger partial charge in [0.1, 0.15) is 22.4 Å². The summed E-state index contributed by atoms with van der Waals surface area (Å²) >= 11 is 0. The second-order valence-electron chi connectivity index (χ2n) is 6.09. The zero-order valence-electron chi connectivity index (χ0n) is 15.8. The van der Waals surface area contributed by atoms with Gasteiger partial charge in [0.05, 0.1) is 4.90 Å². The normalized spacial score (nSPS) is 14.8. The Balaban J connectivity index is 0.00000261. The molecule has 0 fully saturated rings. The van der Waals surface area contributed by atoms with E-state index in [1.807, 2.05) is 44.2 Å². The van der Waals surface area contributed by atoms with Crippen molar-refractivity contribution >= 4 is 15.7 Å². The summed E-state index contributed by atoms with van der Waals surface area (Å²) in [5.41, 5.74) is 3.60. The van der Waals surface area contributed by atoms with Crippen molar-refractivity contribution < 1.29 is 42.7 Å². The molecule has 5 nitrogen and oxygen atoms in total. The molecule has 3 rings (SSSR count). The molecule has 0 bridgehead atoms. The molecule has 0 radical (unpaired) electrons. The van der Waals surface area contributed by atoms with Gasteiger partial charge >= 0.3 is 29.6 Å². The number of fused-ring (bicyclic) bond motifs is 1. The Labute approximate surface area is 182 Å². The number of aryl methyl sites for hydroxylation is 2. The van der Waals surface area contributed by atoms with Crippen molar-refractivity contribution in [2.75, 3.05) is 6.61 Å². The molecule has 0 amide bonds. The maximum atomic E-state index is 12.4. The van der Waals surface area contributed by atoms with Gasteiger partial charge in [-0.3, -0.25) is 0 Å². The van der Waals surface area contributed by atoms with Crippen molar-refractivity contribution in [1.82, 2.24) is 0 Å². The average Bonchev–Trinajstić information content (AvgIpc) is 3.05. The van der Waals surface area contributed by atoms with Crippen LogP contribution in [0.5, 0.6) is 5.75 Å². The molecule has 1 aliphatic carbocycles. The number of nitrogens with zero attached hydrogens (tertiary/aromatic N) is 2. The van der Waals surface area contributed by atoms with Crippen molar-refractivity contribution in [1.29, 1.82) is 0 Å². The fraction of sp³-hybridized carbons (Fsp3) is 0.250. The predicted octanol–water partition coefficient (Wildman–Crippen LogP) is 1.37. The first kappa shape index (κ1) is 21.7. The van der Waals surface area contributed by atoms with Gasteiger partial charge in [0.2, 0.25) is 0 Å². The fourth-order valence-electron chi connectivity index (χ4n) is 2.81. The van der Waals surface area contributed by atoms with Crippen LogP contribution in [0.15, 0.2) is 64.6 Å². The van der Waals surface area contributed by atoms with Crippen LogP contribution in [0.1, 0.15) is 30.0 Å². The molecule has 136 valence electrons. The zero-order valence-corrected chi connectivity index (χ0v) is 18.7. The van der Waals surface area contributed by atoms with Crippen LogP contribution >= 0.6 is 0 Å². The Morgan fingerprint density at radius 2 is 1.89 bits per heavy atom. The van der Waals surface area contributed by atoms with E-state index in [2.05, 4.69) is 9.93 Å². The largest absolute Gasteiger partial charge is 1.00 e. The minimum atomic E-state index is -3.82. The second-order valence-corrected chi connectivity index (χ2v) is 7.67. The first-order valence-electron chi connectivity index (χ1n) is 8.48. The molecule has 0 atom stereocenters. The number of ether oxygens (including phenoxy) is 1. The van der Waals surface area contributed by atoms with Crippen molar-refractivity contribution in [3.05, 3.63) is 76.1 Å². The molecule has 1 aliphatic rings. The van der Waals surface area contributed by atoms with Crippen LogP contribution in [0.3, 0.4) is 0 Å². The summed E-state index contributed by atoms with van der Waals surface area (Å²) in [6.07, 6.45) is 5.28. The summed E-state index contributed by atoms with van der Waals surface area (Å²) in [6, 6.07) is 12.4. The molecule has 2 aromatic rings. The Morgan fingerprint density at radius 1 is 1.15 bits per heavy atom. The van der Waals surface area contributed by atoms with Crippen LogP contribution in [0.25, 0.3) is 4.83 Å². The smallest absolute Gasteiger partial charge is 0.490 e. The Morgan fingerprint density at radius 3 is 2.59 bits per heavy atom. The van der Waals surface area contributed by atoms with Crippen LogP contribution in [0.2, 0.25) is 0 Å². The summed E-state index contributed by atoms with van der Waals surface area (Å²) in [4.78, 5) is 3.81. The van der Waals surface area contributed by atoms with E-state index in [1.54, 1.807) is 24.3 Å². The maximum Gasteiger partial charge on any atom is 1.00 e. The predicted molar refractivity (Wildman–Crippen MR) is 103 cm³/mol. The molecule has 0 aliphatic heterocycles. The quantitative estimate of drug-likeness (QED) is 0.424. The van der Waals surface area contributed by atoms with E-state index in [9.17, 15) is 8.42 Å². The average molecular weight is 392 g/mol. The molecular weight excluding hydrogens is 371 g/mol. The monoisotopic (exact) mass is 392 g/mol. The molecular formula is C20H21N2NaO3S. The van der Waals surface area contributed by atoms with E-state index in [0.717, 1.165) is 23.1 Å². The molecule has 27 heavy (non-hydrogen) atoms. The summed E-state index contributed by atoms with van der Waals surface area (Å²) < 4.78 is 30.6. The van der Waals surface area contributed by atoms with E-state index in [-0.39, 0.29) is 34.5 Å². The van der Waals surface area contributed by atoms with E-state index in [4.69, 9.17) is 4.74 Å². The van der Waals surface area contributed by atoms with Gasteiger partial charge in [-0.1, -0.05) is 42.0 Å². The molecule has 2 aromatic carbocycles. The van der Waals surface area contributed by atoms with E-state index in [0.29, 0.717) is 24.5 Å². The van der Waals surface area contributed by atoms with Gasteiger partial charge < -0.3 is 14.7 Å². The number of allylic oxidation sites excluding steroid dienone is 1. The van der Waals surface area contributed by atoms with E-state index >= 15 is 0 Å². The van der Waals surface area contributed by atoms with Crippen molar-refractivity contribution in [3.63, 3.8) is 0 Å². The van der Waals surface area contributed by atoms with Gasteiger partial charge in [0, 0.05) is 11.3 Å². The second kappa shape index (κ2) is 9.55. The zero-order chi connectivity index (χ0) is 18.6. The van der Waals surface area contributed by atoms with Crippen molar-refractivity contribution in [2.24, 2.45) is 5.10 Å². The van der Waals surface area contributed by atoms with Crippen molar-refractivity contribution in [3.8, 4) is 5.75 Å². The summed E-state index contributed by atoms with van der Waals surface area (Å²) in [5.74, 6) is 0.708. The molecule has 0 spiro atoms. The maximum absolute atomic E-state index is 12.4. The Kier molecular flexibility index (Phi) is 7.68. The molecule has 7 heteroatoms. The van der Waals surface area contributed by atoms with Gasteiger partial charge in [-0.25, -0.2) is 8.42 Å². The van der Waals surface area contributed by atoms with Gasteiger partial charge in [0.15, 0.2) is 0 Å². The topological polar surface area (TPSA) is 69.8 Å². The third-order valence-corrected chi connectivity index (χ3v) is 5.36. The van der Waals surface area contributed by atoms with E-state index in [1.165, 1.54) is 0 Å². The minimum absolute atomic E-state index is 0. The van der Waals surface area contributed by atoms with Crippen LogP contribution < -0.4 is 34.3 Å². The summed E-state index contributed by atoms with van der Waals surface area (Å²) in [7, 11) is -3.82. The number of sulfonamides is 1. The first-order chi connectivity index (χ1) is 12.5. The number of benzene rings is 2. The molecule has 0 N–H and O–H groups in total. The third-order valence-electron chi connectivity index (χ3n) is 4.19. The first-order valence-corrected chi connectivity index (χ1v) is 9.92. The van der Waals surface area contributed by atoms with Crippen LogP contribution in [0.4, 0.5) is 0 Å². The van der Waals surface area contributed by atoms with Crippen LogP contribution in [-0.4, -0.2) is 20.7 Å². The van der Waals surface area contributed by atoms with Gasteiger partial charge in [-0.2, -0.15) is 0 Å². The van der Waals surface area contributed by atoms with Gasteiger partial charge in [0.25, 0.3) is 0 Å². The number of rotatable bonds is 6.